The second kappa shape index (κ2) is 8.60. The molecule has 40 heavy (non-hydrogen) atoms. The third-order valence-corrected chi connectivity index (χ3v) is 7.54. The lowest BCUT2D eigenvalue weighted by molar-refractivity contribution is 0.591. The fourth-order valence-corrected chi connectivity index (χ4v) is 5.29. The highest BCUT2D eigenvalue weighted by Gasteiger charge is 2.20. The van der Waals surface area contributed by atoms with Gasteiger partial charge in [-0.2, -0.15) is 0 Å². The van der Waals surface area contributed by atoms with Crippen molar-refractivity contribution < 1.29 is 16.4 Å². The molecule has 0 saturated heterocycles. The number of rotatable bonds is 2. The van der Waals surface area contributed by atoms with Gasteiger partial charge in [0.1, 0.15) is 0 Å². The van der Waals surface area contributed by atoms with Gasteiger partial charge in [-0.15, -0.1) is 0 Å². The Morgan fingerprint density at radius 1 is 0.475 bits per heavy atom. The SMILES string of the molecule is [2H]c1cc2c3cc(C(C)(C)C)cc([2H])c3n(-c3c([2H])c([2H])c([2H])c(-n4c5c([2H])cc(C(C)(C)C)cc5c5cc([2H])c([2H])c([2H])c54)c3[2H])c2c([2H])c1[2H]. The lowest BCUT2D eigenvalue weighted by Gasteiger charge is -2.19. The summed E-state index contributed by atoms with van der Waals surface area (Å²) in [6.07, 6.45) is 0. The number of fused-ring (bicyclic) bond motifs is 6. The van der Waals surface area contributed by atoms with Crippen LogP contribution in [0.4, 0.5) is 0 Å². The van der Waals surface area contributed by atoms with Crippen molar-refractivity contribution in [2.75, 3.05) is 0 Å². The topological polar surface area (TPSA) is 9.86 Å². The molecule has 2 heterocycles. The van der Waals surface area contributed by atoms with E-state index in [1.54, 1.807) is 12.1 Å². The first kappa shape index (κ1) is 14.9. The maximum Gasteiger partial charge on any atom is 0.0667 e. The number of benzene rings is 5. The average Bonchev–Trinajstić information content (AvgIpc) is 3.54. The summed E-state index contributed by atoms with van der Waals surface area (Å²) in [5, 5.41) is 1.65. The van der Waals surface area contributed by atoms with Crippen molar-refractivity contribution in [1.29, 1.82) is 0 Å². The van der Waals surface area contributed by atoms with Crippen LogP contribution in [0, 0.1) is 0 Å². The fourth-order valence-electron chi connectivity index (χ4n) is 5.29. The predicted molar refractivity (Wildman–Crippen MR) is 173 cm³/mol. The highest BCUT2D eigenvalue weighted by atomic mass is 15.0. The molecule has 5 aromatic carbocycles. The van der Waals surface area contributed by atoms with Crippen molar-refractivity contribution in [3.63, 3.8) is 0 Å². The van der Waals surface area contributed by atoms with Gasteiger partial charge >= 0.3 is 0 Å². The van der Waals surface area contributed by atoms with E-state index >= 15 is 0 Å². The molecule has 0 saturated carbocycles. The molecule has 2 aromatic heterocycles. The van der Waals surface area contributed by atoms with Crippen LogP contribution in [-0.2, 0) is 10.8 Å². The Morgan fingerprint density at radius 2 is 0.900 bits per heavy atom. The molecule has 198 valence electrons. The summed E-state index contributed by atoms with van der Waals surface area (Å²) in [5.41, 5.74) is 0.820. The Hall–Kier alpha value is -4.30. The molecule has 0 aliphatic heterocycles. The van der Waals surface area contributed by atoms with E-state index in [0.29, 0.717) is 21.5 Å². The van der Waals surface area contributed by atoms with Crippen LogP contribution < -0.4 is 0 Å². The minimum Gasteiger partial charge on any atom is -0.309 e. The van der Waals surface area contributed by atoms with Crippen LogP contribution in [0.5, 0.6) is 0 Å². The summed E-state index contributed by atoms with van der Waals surface area (Å²) in [6.45, 7) is 11.9. The molecule has 0 bridgehead atoms. The van der Waals surface area contributed by atoms with Crippen LogP contribution in [0.3, 0.4) is 0 Å². The zero-order chi connectivity index (χ0) is 38.3. The van der Waals surface area contributed by atoms with E-state index in [1.165, 1.54) is 21.3 Å². The highest BCUT2D eigenvalue weighted by Crippen LogP contribution is 2.38. The lowest BCUT2D eigenvalue weighted by Crippen LogP contribution is -2.10. The Bertz CT molecular complexity index is 2540. The molecular formula is C38H36N2. The van der Waals surface area contributed by atoms with Crippen LogP contribution in [0.15, 0.2) is 109 Å². The van der Waals surface area contributed by atoms with Crippen molar-refractivity contribution in [2.45, 2.75) is 52.4 Å². The minimum atomic E-state index is -0.592. The second-order valence-electron chi connectivity index (χ2n) is 12.3. The van der Waals surface area contributed by atoms with Gasteiger partial charge in [0.05, 0.1) is 38.5 Å². The normalized spacial score (nSPS) is 16.9. The number of para-hydroxylation sites is 2. The fraction of sp³-hybridized carbons (Fsp3) is 0.211. The maximum absolute atomic E-state index is 9.76. The molecule has 0 fully saturated rings. The Labute approximate surface area is 253 Å². The summed E-state index contributed by atoms with van der Waals surface area (Å²) in [5.74, 6) is 0. The molecule has 2 nitrogen and oxygen atoms in total. The smallest absolute Gasteiger partial charge is 0.0667 e. The lowest BCUT2D eigenvalue weighted by atomic mass is 9.86. The maximum atomic E-state index is 9.76. The molecule has 7 aromatic rings. The third kappa shape index (κ3) is 3.78. The Morgan fingerprint density at radius 3 is 1.32 bits per heavy atom. The zero-order valence-electron chi connectivity index (χ0n) is 35.4. The highest BCUT2D eigenvalue weighted by molar-refractivity contribution is 6.11. The van der Waals surface area contributed by atoms with Gasteiger partial charge < -0.3 is 9.13 Å². The second-order valence-corrected chi connectivity index (χ2v) is 12.3. The van der Waals surface area contributed by atoms with Crippen molar-refractivity contribution >= 4 is 43.6 Å². The quantitative estimate of drug-likeness (QED) is 0.210. The molecule has 0 unspecified atom stereocenters. The molecule has 0 aliphatic rings. The van der Waals surface area contributed by atoms with Gasteiger partial charge in [-0.25, -0.2) is 0 Å². The average molecular weight is 533 g/mol. The monoisotopic (exact) mass is 532 g/mol. The molecule has 0 atom stereocenters. The summed E-state index contributed by atoms with van der Waals surface area (Å²) in [4.78, 5) is 0. The van der Waals surface area contributed by atoms with Crippen LogP contribution in [0.25, 0.3) is 55.0 Å². The van der Waals surface area contributed by atoms with Crippen molar-refractivity contribution in [2.24, 2.45) is 0 Å². The molecule has 0 amide bonds. The summed E-state index contributed by atoms with van der Waals surface area (Å²) in [7, 11) is 0. The van der Waals surface area contributed by atoms with Crippen LogP contribution in [0.2, 0.25) is 0 Å². The number of hydrogen-bond acceptors (Lipinski definition) is 0. The van der Waals surface area contributed by atoms with Gasteiger partial charge in [0.15, 0.2) is 0 Å². The molecule has 2 heteroatoms. The van der Waals surface area contributed by atoms with E-state index in [4.69, 9.17) is 9.60 Å². The van der Waals surface area contributed by atoms with Crippen molar-refractivity contribution in [1.82, 2.24) is 9.13 Å². The zero-order valence-corrected chi connectivity index (χ0v) is 23.4. The van der Waals surface area contributed by atoms with Gasteiger partial charge in [-0.1, -0.05) is 96.0 Å². The number of hydrogen-bond donors (Lipinski definition) is 0. The van der Waals surface area contributed by atoms with Crippen LogP contribution in [0.1, 0.15) is 69.1 Å². The summed E-state index contributed by atoms with van der Waals surface area (Å²) in [6, 6.07) is 5.76. The first-order valence-electron chi connectivity index (χ1n) is 19.3. The van der Waals surface area contributed by atoms with Gasteiger partial charge in [0, 0.05) is 32.9 Å². The van der Waals surface area contributed by atoms with E-state index in [-0.39, 0.29) is 69.7 Å². The van der Waals surface area contributed by atoms with Crippen LogP contribution in [-0.4, -0.2) is 9.13 Å². The van der Waals surface area contributed by atoms with Gasteiger partial charge in [-0.05, 0) is 76.4 Å². The molecule has 0 radical (unpaired) electrons. The standard InChI is InChI=1S/C38H36N2/c1-37(2,3)25-18-20-35-31(22-25)29-14-7-9-16-33(29)39(35)27-12-11-13-28(24-27)40-34-17-10-8-15-30(34)32-23-26(38(4,5)6)19-21-36(32)40/h7-24H,1-6H3/i7D,8D,9D,10D,11D,12D,13D,16D,17D,20D,21D,24D. The predicted octanol–water partition coefficient (Wildman–Crippen LogP) is 10.5. The molecule has 0 N–H and O–H groups in total. The summed E-state index contributed by atoms with van der Waals surface area (Å²) < 4.78 is 110. The van der Waals surface area contributed by atoms with Gasteiger partial charge in [-0.3, -0.25) is 0 Å². The number of aromatic nitrogens is 2. The molecular weight excluding hydrogens is 484 g/mol. The molecule has 7 rings (SSSR count). The summed E-state index contributed by atoms with van der Waals surface area (Å²) >= 11 is 0. The molecule has 0 spiro atoms. The Balaban J connectivity index is 1.74. The Kier molecular flexibility index (Phi) is 3.20. The number of nitrogens with zero attached hydrogens (tertiary/aromatic N) is 2. The first-order chi connectivity index (χ1) is 24.1. The van der Waals surface area contributed by atoms with E-state index in [9.17, 15) is 6.85 Å². The van der Waals surface area contributed by atoms with E-state index in [0.717, 1.165) is 11.1 Å². The van der Waals surface area contributed by atoms with Crippen LogP contribution >= 0.6 is 0 Å². The molecule has 0 aliphatic carbocycles. The minimum absolute atomic E-state index is 0.00629. The third-order valence-electron chi connectivity index (χ3n) is 7.54. The van der Waals surface area contributed by atoms with E-state index in [1.807, 2.05) is 53.7 Å². The van der Waals surface area contributed by atoms with E-state index < -0.39 is 47.1 Å². The largest absolute Gasteiger partial charge is 0.309 e. The van der Waals surface area contributed by atoms with Crippen molar-refractivity contribution in [3.8, 4) is 11.4 Å². The van der Waals surface area contributed by atoms with Crippen molar-refractivity contribution in [3.05, 3.63) is 120 Å². The van der Waals surface area contributed by atoms with Gasteiger partial charge in [0.25, 0.3) is 0 Å². The van der Waals surface area contributed by atoms with Gasteiger partial charge in [0.2, 0.25) is 0 Å². The first-order valence-corrected chi connectivity index (χ1v) is 13.3. The van der Waals surface area contributed by atoms with E-state index in [2.05, 4.69) is 0 Å².